The summed E-state index contributed by atoms with van der Waals surface area (Å²) in [5.74, 6) is -0.471. The quantitative estimate of drug-likeness (QED) is 0.920. The van der Waals surface area contributed by atoms with Crippen LogP contribution in [0.1, 0.15) is 33.1 Å². The Labute approximate surface area is 127 Å². The molecule has 20 heavy (non-hydrogen) atoms. The molecule has 2 rings (SSSR count). The summed E-state index contributed by atoms with van der Waals surface area (Å²) in [6.45, 7) is 4.42. The molecule has 1 aliphatic carbocycles. The van der Waals surface area contributed by atoms with Crippen molar-refractivity contribution in [1.29, 1.82) is 0 Å². The summed E-state index contributed by atoms with van der Waals surface area (Å²) >= 11 is 5.80. The highest BCUT2D eigenvalue weighted by molar-refractivity contribution is 7.85. The van der Waals surface area contributed by atoms with Crippen LogP contribution >= 0.6 is 11.6 Å². The van der Waals surface area contributed by atoms with E-state index in [1.54, 1.807) is 6.07 Å². The minimum atomic E-state index is -1.18. The van der Waals surface area contributed by atoms with Crippen LogP contribution in [0.2, 0.25) is 5.02 Å². The van der Waals surface area contributed by atoms with E-state index in [2.05, 4.69) is 19.2 Å². The molecule has 0 heterocycles. The zero-order valence-electron chi connectivity index (χ0n) is 12.1. The molecule has 1 aromatic rings. The van der Waals surface area contributed by atoms with Crippen LogP contribution in [0.3, 0.4) is 0 Å². The van der Waals surface area contributed by atoms with Crippen molar-refractivity contribution in [2.45, 2.75) is 49.3 Å². The highest BCUT2D eigenvalue weighted by Crippen LogP contribution is 2.38. The predicted molar refractivity (Wildman–Crippen MR) is 82.1 cm³/mol. The van der Waals surface area contributed by atoms with E-state index in [-0.39, 0.29) is 21.7 Å². The molecule has 1 aromatic carbocycles. The molecule has 2 nitrogen and oxygen atoms in total. The summed E-state index contributed by atoms with van der Waals surface area (Å²) in [5, 5.41) is 3.34. The van der Waals surface area contributed by atoms with Gasteiger partial charge in [0.25, 0.3) is 0 Å². The number of halogens is 2. The minimum Gasteiger partial charge on any atom is -0.316 e. The van der Waals surface area contributed by atoms with Crippen LogP contribution in [-0.4, -0.2) is 22.5 Å². The molecule has 0 spiro atoms. The fourth-order valence-corrected chi connectivity index (χ4v) is 5.06. The second kappa shape index (κ2) is 6.12. The van der Waals surface area contributed by atoms with Gasteiger partial charge in [0.1, 0.15) is 5.82 Å². The molecule has 0 aliphatic heterocycles. The lowest BCUT2D eigenvalue weighted by atomic mass is 9.75. The van der Waals surface area contributed by atoms with Crippen molar-refractivity contribution in [2.75, 3.05) is 7.05 Å². The fourth-order valence-electron chi connectivity index (χ4n) is 2.85. The number of hydrogen-bond donors (Lipinski definition) is 1. The molecule has 3 atom stereocenters. The van der Waals surface area contributed by atoms with E-state index >= 15 is 0 Å². The van der Waals surface area contributed by atoms with Crippen LogP contribution in [-0.2, 0) is 10.8 Å². The third kappa shape index (κ3) is 3.41. The van der Waals surface area contributed by atoms with Crippen molar-refractivity contribution in [3.8, 4) is 0 Å². The second-order valence-corrected chi connectivity index (χ2v) is 8.29. The molecule has 3 unspecified atom stereocenters. The number of benzene rings is 1. The SMILES string of the molecule is CNC1CCC(C)(C)CC1S(=O)c1ccc(F)c(Cl)c1. The van der Waals surface area contributed by atoms with Crippen molar-refractivity contribution in [1.82, 2.24) is 5.32 Å². The minimum absolute atomic E-state index is 0.0327. The lowest BCUT2D eigenvalue weighted by Crippen LogP contribution is -2.47. The Hall–Kier alpha value is -0.450. The summed E-state index contributed by atoms with van der Waals surface area (Å²) in [6, 6.07) is 4.58. The van der Waals surface area contributed by atoms with Gasteiger partial charge in [0.15, 0.2) is 0 Å². The molecule has 1 fully saturated rings. The van der Waals surface area contributed by atoms with Gasteiger partial charge in [-0.25, -0.2) is 4.39 Å². The van der Waals surface area contributed by atoms with E-state index in [1.165, 1.54) is 12.1 Å². The van der Waals surface area contributed by atoms with Gasteiger partial charge in [-0.3, -0.25) is 4.21 Å². The highest BCUT2D eigenvalue weighted by atomic mass is 35.5. The largest absolute Gasteiger partial charge is 0.316 e. The lowest BCUT2D eigenvalue weighted by Gasteiger charge is -2.40. The van der Waals surface area contributed by atoms with Crippen LogP contribution in [0, 0.1) is 11.2 Å². The Morgan fingerprint density at radius 2 is 2.15 bits per heavy atom. The third-order valence-electron chi connectivity index (χ3n) is 4.10. The normalized spacial score (nSPS) is 27.2. The highest BCUT2D eigenvalue weighted by Gasteiger charge is 2.37. The first-order valence-corrected chi connectivity index (χ1v) is 8.46. The van der Waals surface area contributed by atoms with Gasteiger partial charge >= 0.3 is 0 Å². The van der Waals surface area contributed by atoms with Gasteiger partial charge in [-0.1, -0.05) is 25.4 Å². The van der Waals surface area contributed by atoms with Gasteiger partial charge in [0.05, 0.1) is 21.1 Å². The zero-order valence-corrected chi connectivity index (χ0v) is 13.7. The van der Waals surface area contributed by atoms with Crippen LogP contribution in [0.15, 0.2) is 23.1 Å². The van der Waals surface area contributed by atoms with Crippen LogP contribution in [0.25, 0.3) is 0 Å². The molecule has 1 saturated carbocycles. The third-order valence-corrected chi connectivity index (χ3v) is 6.16. The van der Waals surface area contributed by atoms with Crippen LogP contribution in [0.4, 0.5) is 4.39 Å². The maximum Gasteiger partial charge on any atom is 0.141 e. The maximum absolute atomic E-state index is 13.2. The van der Waals surface area contributed by atoms with E-state index in [4.69, 9.17) is 11.6 Å². The molecule has 0 radical (unpaired) electrons. The van der Waals surface area contributed by atoms with Gasteiger partial charge in [-0.15, -0.1) is 0 Å². The molecule has 0 amide bonds. The summed E-state index contributed by atoms with van der Waals surface area (Å²) < 4.78 is 26.0. The summed E-state index contributed by atoms with van der Waals surface area (Å²) in [7, 11) is 0.729. The van der Waals surface area contributed by atoms with E-state index in [0.29, 0.717) is 4.90 Å². The molecule has 0 bridgehead atoms. The molecule has 1 N–H and O–H groups in total. The first-order valence-electron chi connectivity index (χ1n) is 6.87. The van der Waals surface area contributed by atoms with E-state index < -0.39 is 16.6 Å². The van der Waals surface area contributed by atoms with Gasteiger partial charge in [-0.2, -0.15) is 0 Å². The van der Waals surface area contributed by atoms with Crippen molar-refractivity contribution >= 4 is 22.4 Å². The van der Waals surface area contributed by atoms with Crippen LogP contribution in [0.5, 0.6) is 0 Å². The van der Waals surface area contributed by atoms with Crippen molar-refractivity contribution in [3.63, 3.8) is 0 Å². The van der Waals surface area contributed by atoms with Crippen LogP contribution < -0.4 is 5.32 Å². The molecule has 0 saturated heterocycles. The van der Waals surface area contributed by atoms with E-state index in [1.807, 2.05) is 7.05 Å². The molecule has 0 aromatic heterocycles. The molecular formula is C15H21ClFNOS. The number of nitrogens with one attached hydrogen (secondary N) is 1. The van der Waals surface area contributed by atoms with Crippen molar-refractivity contribution < 1.29 is 8.60 Å². The Morgan fingerprint density at radius 1 is 1.45 bits per heavy atom. The van der Waals surface area contributed by atoms with Gasteiger partial charge in [0, 0.05) is 10.9 Å². The molecular weight excluding hydrogens is 297 g/mol. The van der Waals surface area contributed by atoms with Gasteiger partial charge in [0.2, 0.25) is 0 Å². The maximum atomic E-state index is 13.2. The Balaban J connectivity index is 2.26. The first-order chi connectivity index (χ1) is 9.34. The fraction of sp³-hybridized carbons (Fsp3) is 0.600. The molecule has 1 aliphatic rings. The average molecular weight is 318 g/mol. The molecule has 5 heteroatoms. The van der Waals surface area contributed by atoms with E-state index in [9.17, 15) is 8.60 Å². The smallest absolute Gasteiger partial charge is 0.141 e. The molecule has 112 valence electrons. The van der Waals surface area contributed by atoms with Crippen molar-refractivity contribution in [3.05, 3.63) is 29.0 Å². The number of hydrogen-bond acceptors (Lipinski definition) is 2. The monoisotopic (exact) mass is 317 g/mol. The average Bonchev–Trinajstić information content (AvgIpc) is 2.40. The second-order valence-electron chi connectivity index (χ2n) is 6.21. The zero-order chi connectivity index (χ0) is 14.9. The van der Waals surface area contributed by atoms with Gasteiger partial charge < -0.3 is 5.32 Å². The first kappa shape index (κ1) is 15.9. The Kier molecular flexibility index (Phi) is 4.88. The summed E-state index contributed by atoms with van der Waals surface area (Å²) in [4.78, 5) is 0.611. The summed E-state index contributed by atoms with van der Waals surface area (Å²) in [6.07, 6.45) is 3.02. The summed E-state index contributed by atoms with van der Waals surface area (Å²) in [5.41, 5.74) is 0.192. The number of rotatable bonds is 3. The predicted octanol–water partition coefficient (Wildman–Crippen LogP) is 3.75. The van der Waals surface area contributed by atoms with Crippen molar-refractivity contribution in [2.24, 2.45) is 5.41 Å². The van der Waals surface area contributed by atoms with E-state index in [0.717, 1.165) is 19.3 Å². The Morgan fingerprint density at radius 3 is 2.75 bits per heavy atom. The standard InChI is InChI=1S/C15H21ClFNOS/c1-15(2)7-6-13(18-3)14(9-15)20(19)10-4-5-12(17)11(16)8-10/h4-5,8,13-14,18H,6-7,9H2,1-3H3. The lowest BCUT2D eigenvalue weighted by molar-refractivity contribution is 0.216. The Bertz CT molecular complexity index is 521. The topological polar surface area (TPSA) is 29.1 Å². The van der Waals surface area contributed by atoms with Gasteiger partial charge in [-0.05, 0) is 49.9 Å².